The smallest absolute Gasteiger partial charge is 0.188 e. The van der Waals surface area contributed by atoms with E-state index in [1.54, 1.807) is 0 Å². The highest BCUT2D eigenvalue weighted by Gasteiger charge is 2.00. The summed E-state index contributed by atoms with van der Waals surface area (Å²) in [6.07, 6.45) is 3.90. The van der Waals surface area contributed by atoms with Crippen LogP contribution in [0.3, 0.4) is 0 Å². The van der Waals surface area contributed by atoms with Crippen LogP contribution in [0.4, 0.5) is 0 Å². The maximum atomic E-state index is 8.69. The summed E-state index contributed by atoms with van der Waals surface area (Å²) in [5.41, 5.74) is 0. The molecule has 0 aromatic rings. The van der Waals surface area contributed by atoms with Gasteiger partial charge in [-0.1, -0.05) is 26.2 Å². The van der Waals surface area contributed by atoms with Gasteiger partial charge in [0.1, 0.15) is 0 Å². The van der Waals surface area contributed by atoms with Crippen molar-refractivity contribution in [2.24, 2.45) is 0 Å². The summed E-state index contributed by atoms with van der Waals surface area (Å²) in [7, 11) is 0. The van der Waals surface area contributed by atoms with E-state index in [4.69, 9.17) is 10.4 Å². The third-order valence-electron chi connectivity index (χ3n) is 1.43. The molecule has 0 aromatic carbocycles. The zero-order valence-electron chi connectivity index (χ0n) is 6.42. The van der Waals surface area contributed by atoms with Crippen LogP contribution in [0.25, 0.3) is 0 Å². The predicted octanol–water partition coefficient (Wildman–Crippen LogP) is 1.76. The molecular formula is C7H16O3. The van der Waals surface area contributed by atoms with Crippen LogP contribution in [0, 0.1) is 0 Å². The Morgan fingerprint density at radius 2 is 2.00 bits per heavy atom. The first-order chi connectivity index (χ1) is 4.81. The van der Waals surface area contributed by atoms with Crippen LogP contribution >= 0.6 is 0 Å². The average Bonchev–Trinajstić information content (AvgIpc) is 1.98. The molecule has 3 heteroatoms. The Hall–Kier alpha value is -0.120. The largest absolute Gasteiger partial charge is 0.366 e. The lowest BCUT2D eigenvalue weighted by Gasteiger charge is -2.04. The number of unbranched alkanes of at least 4 members (excludes halogenated alkanes) is 3. The fraction of sp³-hybridized carbons (Fsp3) is 1.00. The van der Waals surface area contributed by atoms with Crippen molar-refractivity contribution in [3.8, 4) is 0 Å². The normalized spacial score (nSPS) is 13.5. The van der Waals surface area contributed by atoms with E-state index in [1.807, 2.05) is 0 Å². The molecule has 3 nitrogen and oxygen atoms in total. The van der Waals surface area contributed by atoms with E-state index in [9.17, 15) is 0 Å². The Kier molecular flexibility index (Phi) is 6.91. The van der Waals surface area contributed by atoms with Gasteiger partial charge in [0.25, 0.3) is 0 Å². The molecular weight excluding hydrogens is 132 g/mol. The summed E-state index contributed by atoms with van der Waals surface area (Å²) in [4.78, 5) is 3.69. The van der Waals surface area contributed by atoms with Crippen LogP contribution in [0.15, 0.2) is 0 Å². The fourth-order valence-corrected chi connectivity index (χ4v) is 0.798. The predicted molar refractivity (Wildman–Crippen MR) is 38.5 cm³/mol. The Morgan fingerprint density at radius 3 is 2.50 bits per heavy atom. The zero-order chi connectivity index (χ0) is 7.82. The monoisotopic (exact) mass is 148 g/mol. The van der Waals surface area contributed by atoms with Crippen LogP contribution < -0.4 is 0 Å². The number of aliphatic hydroxyl groups excluding tert-OH is 1. The van der Waals surface area contributed by atoms with Crippen molar-refractivity contribution in [3.63, 3.8) is 0 Å². The second-order valence-corrected chi connectivity index (χ2v) is 2.41. The zero-order valence-corrected chi connectivity index (χ0v) is 6.42. The van der Waals surface area contributed by atoms with Gasteiger partial charge in [0.05, 0.1) is 0 Å². The maximum absolute atomic E-state index is 8.69. The Morgan fingerprint density at radius 1 is 1.30 bits per heavy atom. The summed E-state index contributed by atoms with van der Waals surface area (Å²) in [5, 5.41) is 16.6. The molecule has 0 saturated heterocycles. The molecule has 0 amide bonds. The summed E-state index contributed by atoms with van der Waals surface area (Å²) in [6, 6.07) is 0. The summed E-state index contributed by atoms with van der Waals surface area (Å²) < 4.78 is 0. The van der Waals surface area contributed by atoms with Crippen LogP contribution in [-0.2, 0) is 4.89 Å². The molecule has 0 radical (unpaired) electrons. The van der Waals surface area contributed by atoms with E-state index in [0.29, 0.717) is 6.42 Å². The first-order valence-corrected chi connectivity index (χ1v) is 3.79. The summed E-state index contributed by atoms with van der Waals surface area (Å²) in [6.45, 7) is 2.12. The average molecular weight is 148 g/mol. The van der Waals surface area contributed by atoms with Gasteiger partial charge in [0, 0.05) is 6.42 Å². The van der Waals surface area contributed by atoms with Crippen LogP contribution in [0.2, 0.25) is 0 Å². The molecule has 1 atom stereocenters. The number of rotatable bonds is 6. The molecule has 0 rings (SSSR count). The lowest BCUT2D eigenvalue weighted by molar-refractivity contribution is -0.335. The van der Waals surface area contributed by atoms with Crippen LogP contribution in [-0.4, -0.2) is 16.7 Å². The molecule has 1 unspecified atom stereocenters. The van der Waals surface area contributed by atoms with E-state index < -0.39 is 6.29 Å². The minimum Gasteiger partial charge on any atom is -0.366 e. The van der Waals surface area contributed by atoms with Crippen molar-refractivity contribution < 1.29 is 15.3 Å². The lowest BCUT2D eigenvalue weighted by Crippen LogP contribution is -2.08. The van der Waals surface area contributed by atoms with Gasteiger partial charge < -0.3 is 5.11 Å². The topological polar surface area (TPSA) is 49.7 Å². The Balaban J connectivity index is 2.89. The molecule has 0 aromatic heterocycles. The molecule has 10 heavy (non-hydrogen) atoms. The van der Waals surface area contributed by atoms with Gasteiger partial charge in [-0.3, -0.25) is 0 Å². The van der Waals surface area contributed by atoms with Crippen molar-refractivity contribution in [1.82, 2.24) is 0 Å². The highest BCUT2D eigenvalue weighted by atomic mass is 17.1. The van der Waals surface area contributed by atoms with Crippen molar-refractivity contribution >= 4 is 0 Å². The molecule has 0 heterocycles. The summed E-state index contributed by atoms with van der Waals surface area (Å²) in [5.74, 6) is 0. The molecule has 0 aliphatic heterocycles. The maximum Gasteiger partial charge on any atom is 0.188 e. The quantitative estimate of drug-likeness (QED) is 0.261. The summed E-state index contributed by atoms with van der Waals surface area (Å²) >= 11 is 0. The van der Waals surface area contributed by atoms with Crippen molar-refractivity contribution in [3.05, 3.63) is 0 Å². The van der Waals surface area contributed by atoms with Gasteiger partial charge >= 0.3 is 0 Å². The van der Waals surface area contributed by atoms with E-state index in [0.717, 1.165) is 12.8 Å². The molecule has 0 bridgehead atoms. The van der Waals surface area contributed by atoms with Gasteiger partial charge in [-0.15, -0.1) is 0 Å². The minimum absolute atomic E-state index is 0.524. The number of hydrogen-bond donors (Lipinski definition) is 2. The third-order valence-corrected chi connectivity index (χ3v) is 1.43. The van der Waals surface area contributed by atoms with E-state index in [2.05, 4.69) is 11.8 Å². The Labute approximate surface area is 61.6 Å². The van der Waals surface area contributed by atoms with Crippen LogP contribution in [0.1, 0.15) is 39.0 Å². The fourth-order valence-electron chi connectivity index (χ4n) is 0.798. The van der Waals surface area contributed by atoms with Gasteiger partial charge in [-0.25, -0.2) is 10.1 Å². The van der Waals surface area contributed by atoms with Gasteiger partial charge in [-0.2, -0.15) is 0 Å². The molecule has 0 spiro atoms. The SMILES string of the molecule is CCCCCCC(O)OO. The highest BCUT2D eigenvalue weighted by molar-refractivity contribution is 4.43. The molecule has 0 aliphatic rings. The van der Waals surface area contributed by atoms with E-state index in [1.165, 1.54) is 12.8 Å². The molecule has 0 saturated carbocycles. The van der Waals surface area contributed by atoms with E-state index in [-0.39, 0.29) is 0 Å². The number of aliphatic hydroxyl groups is 1. The van der Waals surface area contributed by atoms with Crippen molar-refractivity contribution in [2.75, 3.05) is 0 Å². The van der Waals surface area contributed by atoms with E-state index >= 15 is 0 Å². The minimum atomic E-state index is -0.989. The van der Waals surface area contributed by atoms with Crippen LogP contribution in [0.5, 0.6) is 0 Å². The second-order valence-electron chi connectivity index (χ2n) is 2.41. The first-order valence-electron chi connectivity index (χ1n) is 3.79. The molecule has 2 N–H and O–H groups in total. The molecule has 0 fully saturated rings. The number of hydrogen-bond acceptors (Lipinski definition) is 3. The Bertz CT molecular complexity index is 65.9. The van der Waals surface area contributed by atoms with Gasteiger partial charge in [0.15, 0.2) is 6.29 Å². The molecule has 62 valence electrons. The first kappa shape index (κ1) is 9.88. The van der Waals surface area contributed by atoms with Gasteiger partial charge in [-0.05, 0) is 6.42 Å². The third kappa shape index (κ3) is 6.01. The standard InChI is InChI=1S/C7H16O3/c1-2-3-4-5-6-7(8)10-9/h7-9H,2-6H2,1H3. The highest BCUT2D eigenvalue weighted by Crippen LogP contribution is 2.04. The van der Waals surface area contributed by atoms with Crippen molar-refractivity contribution in [1.29, 1.82) is 0 Å². The van der Waals surface area contributed by atoms with Gasteiger partial charge in [0.2, 0.25) is 0 Å². The lowest BCUT2D eigenvalue weighted by atomic mass is 10.1. The van der Waals surface area contributed by atoms with Crippen molar-refractivity contribution in [2.45, 2.75) is 45.3 Å². The second kappa shape index (κ2) is 6.99. The molecule has 0 aliphatic carbocycles.